The van der Waals surface area contributed by atoms with Crippen molar-refractivity contribution in [1.82, 2.24) is 10.9 Å². The van der Waals surface area contributed by atoms with Gasteiger partial charge in [0.15, 0.2) is 0 Å². The van der Waals surface area contributed by atoms with Crippen LogP contribution in [0, 0.1) is 5.92 Å². The predicted octanol–water partition coefficient (Wildman–Crippen LogP) is 4.20. The molecule has 29 heavy (non-hydrogen) atoms. The summed E-state index contributed by atoms with van der Waals surface area (Å²) in [7, 11) is -3.90. The first-order valence-electron chi connectivity index (χ1n) is 8.94. The number of hydrazine groups is 1. The Morgan fingerprint density at radius 1 is 1.00 bits per heavy atom. The van der Waals surface area contributed by atoms with Crippen LogP contribution in [0.3, 0.4) is 0 Å². The maximum atomic E-state index is 12.4. The van der Waals surface area contributed by atoms with Gasteiger partial charge in [-0.1, -0.05) is 42.5 Å². The van der Waals surface area contributed by atoms with Gasteiger partial charge in [0, 0.05) is 17.2 Å². The third-order valence-electron chi connectivity index (χ3n) is 4.59. The largest absolute Gasteiger partial charge is 0.280 e. The van der Waals surface area contributed by atoms with Gasteiger partial charge in [0.1, 0.15) is 9.23 Å². The first-order valence-corrected chi connectivity index (χ1v) is 12.0. The molecule has 0 atom stereocenters. The first kappa shape index (κ1) is 21.9. The summed E-state index contributed by atoms with van der Waals surface area (Å²) in [4.78, 5) is 24.2. The molecule has 156 valence electrons. The summed E-state index contributed by atoms with van der Waals surface area (Å²) in [5.41, 5.74) is 5.38. The van der Waals surface area contributed by atoms with Gasteiger partial charge in [-0.3, -0.25) is 25.2 Å². The molecular formula is C18H19Cl2N3O4S2. The number of halogens is 2. The van der Waals surface area contributed by atoms with Crippen LogP contribution in [0.5, 0.6) is 0 Å². The van der Waals surface area contributed by atoms with Crippen molar-refractivity contribution in [3.8, 4) is 0 Å². The van der Waals surface area contributed by atoms with Crippen LogP contribution in [0.25, 0.3) is 0 Å². The number of nitrogens with one attached hydrogen (secondary N) is 3. The first-order chi connectivity index (χ1) is 13.8. The number of hydrogen-bond acceptors (Lipinski definition) is 5. The van der Waals surface area contributed by atoms with E-state index in [0.717, 1.165) is 43.4 Å². The minimum atomic E-state index is -3.90. The minimum absolute atomic E-state index is 0.0622. The lowest BCUT2D eigenvalue weighted by molar-refractivity contribution is -0.126. The van der Waals surface area contributed by atoms with Crippen molar-refractivity contribution < 1.29 is 18.0 Å². The highest BCUT2D eigenvalue weighted by Crippen LogP contribution is 2.35. The van der Waals surface area contributed by atoms with Gasteiger partial charge in [0.2, 0.25) is 5.91 Å². The van der Waals surface area contributed by atoms with Gasteiger partial charge in [-0.25, -0.2) is 8.42 Å². The molecule has 0 saturated heterocycles. The average molecular weight is 476 g/mol. The Hall–Kier alpha value is -1.81. The van der Waals surface area contributed by atoms with Crippen molar-refractivity contribution in [2.24, 2.45) is 5.92 Å². The maximum absolute atomic E-state index is 12.4. The number of rotatable bonds is 5. The van der Waals surface area contributed by atoms with Crippen molar-refractivity contribution in [3.05, 3.63) is 44.6 Å². The van der Waals surface area contributed by atoms with E-state index in [9.17, 15) is 18.0 Å². The van der Waals surface area contributed by atoms with E-state index >= 15 is 0 Å². The fourth-order valence-corrected chi connectivity index (χ4v) is 6.27. The highest BCUT2D eigenvalue weighted by Gasteiger charge is 2.22. The number of carbonyl (C=O) groups excluding carboxylic acids is 2. The SMILES string of the molecule is O=C(NNC(=O)C1CCCCC1)c1ccc(NS(=O)(=O)c2cc(Cl)sc2Cl)cc1. The van der Waals surface area contributed by atoms with Crippen LogP contribution >= 0.6 is 34.5 Å². The van der Waals surface area contributed by atoms with Gasteiger partial charge in [-0.05, 0) is 43.2 Å². The Morgan fingerprint density at radius 2 is 1.66 bits per heavy atom. The molecule has 11 heteroatoms. The summed E-state index contributed by atoms with van der Waals surface area (Å²) >= 11 is 12.7. The highest BCUT2D eigenvalue weighted by molar-refractivity contribution is 7.93. The number of anilines is 1. The fraction of sp³-hybridized carbons (Fsp3) is 0.333. The van der Waals surface area contributed by atoms with E-state index in [1.54, 1.807) is 0 Å². The van der Waals surface area contributed by atoms with Crippen molar-refractivity contribution in [2.45, 2.75) is 37.0 Å². The van der Waals surface area contributed by atoms with Gasteiger partial charge in [-0.2, -0.15) is 0 Å². The van der Waals surface area contributed by atoms with E-state index in [-0.39, 0.29) is 36.6 Å². The lowest BCUT2D eigenvalue weighted by atomic mass is 9.89. The number of sulfonamides is 1. The zero-order chi connectivity index (χ0) is 21.0. The van der Waals surface area contributed by atoms with Crippen LogP contribution in [-0.2, 0) is 14.8 Å². The molecule has 2 aromatic rings. The van der Waals surface area contributed by atoms with Gasteiger partial charge in [-0.15, -0.1) is 11.3 Å². The van der Waals surface area contributed by atoms with Gasteiger partial charge >= 0.3 is 0 Å². The van der Waals surface area contributed by atoms with Crippen molar-refractivity contribution in [2.75, 3.05) is 4.72 Å². The third kappa shape index (κ3) is 5.63. The molecule has 1 aromatic heterocycles. The molecule has 1 heterocycles. The second-order valence-corrected chi connectivity index (χ2v) is 10.6. The summed E-state index contributed by atoms with van der Waals surface area (Å²) < 4.78 is 27.5. The molecule has 1 saturated carbocycles. The van der Waals surface area contributed by atoms with E-state index < -0.39 is 15.9 Å². The number of carbonyl (C=O) groups is 2. The smallest absolute Gasteiger partial charge is 0.269 e. The molecule has 0 spiro atoms. The van der Waals surface area contributed by atoms with Crippen LogP contribution in [0.1, 0.15) is 42.5 Å². The summed E-state index contributed by atoms with van der Waals surface area (Å²) in [6.45, 7) is 0. The minimum Gasteiger partial charge on any atom is -0.280 e. The van der Waals surface area contributed by atoms with Gasteiger partial charge in [0.05, 0.1) is 4.34 Å². The number of benzene rings is 1. The second-order valence-electron chi connectivity index (χ2n) is 6.65. The Bertz CT molecular complexity index is 1000. The van der Waals surface area contributed by atoms with Crippen molar-refractivity contribution in [3.63, 3.8) is 0 Å². The average Bonchev–Trinajstić information content (AvgIpc) is 3.06. The topological polar surface area (TPSA) is 104 Å². The molecule has 0 radical (unpaired) electrons. The van der Waals surface area contributed by atoms with Crippen LogP contribution in [-0.4, -0.2) is 20.2 Å². The molecule has 1 fully saturated rings. The quantitative estimate of drug-likeness (QED) is 0.563. The molecule has 2 amide bonds. The monoisotopic (exact) mass is 475 g/mol. The molecule has 0 bridgehead atoms. The van der Waals surface area contributed by atoms with E-state index in [1.165, 1.54) is 30.3 Å². The van der Waals surface area contributed by atoms with E-state index in [4.69, 9.17) is 23.2 Å². The Balaban J connectivity index is 1.58. The summed E-state index contributed by atoms with van der Waals surface area (Å²) in [6, 6.07) is 7.05. The lowest BCUT2D eigenvalue weighted by Gasteiger charge is -2.20. The van der Waals surface area contributed by atoms with Crippen LogP contribution < -0.4 is 15.6 Å². The molecule has 0 unspecified atom stereocenters. The van der Waals surface area contributed by atoms with Crippen LogP contribution in [0.4, 0.5) is 5.69 Å². The molecule has 3 N–H and O–H groups in total. The normalized spacial score (nSPS) is 15.0. The summed E-state index contributed by atoms with van der Waals surface area (Å²) in [5, 5.41) is 0. The number of amides is 2. The Kier molecular flexibility index (Phi) is 7.05. The fourth-order valence-electron chi connectivity index (χ4n) is 3.07. The lowest BCUT2D eigenvalue weighted by Crippen LogP contribution is -2.44. The van der Waals surface area contributed by atoms with Crippen molar-refractivity contribution >= 4 is 62.1 Å². The van der Waals surface area contributed by atoms with Crippen LogP contribution in [0.2, 0.25) is 8.67 Å². The van der Waals surface area contributed by atoms with Gasteiger partial charge < -0.3 is 0 Å². The zero-order valence-electron chi connectivity index (χ0n) is 15.2. The molecule has 7 nitrogen and oxygen atoms in total. The predicted molar refractivity (Wildman–Crippen MR) is 114 cm³/mol. The molecule has 1 aliphatic rings. The molecule has 1 aromatic carbocycles. The second kappa shape index (κ2) is 9.34. The molecule has 0 aliphatic heterocycles. The molecule has 1 aliphatic carbocycles. The van der Waals surface area contributed by atoms with E-state index in [1.807, 2.05) is 0 Å². The van der Waals surface area contributed by atoms with Crippen LogP contribution in [0.15, 0.2) is 35.2 Å². The Labute approximate surface area is 182 Å². The number of thiophene rings is 1. The maximum Gasteiger partial charge on any atom is 0.269 e. The number of hydrogen-bond donors (Lipinski definition) is 3. The van der Waals surface area contributed by atoms with E-state index in [2.05, 4.69) is 15.6 Å². The standard InChI is InChI=1S/C18H19Cl2N3O4S2/c19-15-10-14(16(20)28-15)29(26,27)23-13-8-6-12(7-9-13)18(25)22-21-17(24)11-4-2-1-3-5-11/h6-11,23H,1-5H2,(H,21,24)(H,22,25). The van der Waals surface area contributed by atoms with E-state index in [0.29, 0.717) is 0 Å². The highest BCUT2D eigenvalue weighted by atomic mass is 35.5. The Morgan fingerprint density at radius 3 is 2.24 bits per heavy atom. The van der Waals surface area contributed by atoms with Gasteiger partial charge in [0.25, 0.3) is 15.9 Å². The third-order valence-corrected chi connectivity index (χ3v) is 7.72. The summed E-state index contributed by atoms with van der Waals surface area (Å²) in [6.07, 6.45) is 4.84. The molecular weight excluding hydrogens is 457 g/mol. The zero-order valence-corrected chi connectivity index (χ0v) is 18.3. The summed E-state index contributed by atoms with van der Waals surface area (Å²) in [5.74, 6) is -0.747. The van der Waals surface area contributed by atoms with Crippen molar-refractivity contribution in [1.29, 1.82) is 0 Å². The molecule has 3 rings (SSSR count).